The van der Waals surface area contributed by atoms with Crippen LogP contribution in [0.1, 0.15) is 48.0 Å². The molecule has 0 bridgehead atoms. The number of carbonyl (C=O) groups is 2. The summed E-state index contributed by atoms with van der Waals surface area (Å²) < 4.78 is 5.22. The summed E-state index contributed by atoms with van der Waals surface area (Å²) in [4.78, 5) is 26.7. The third-order valence-corrected chi connectivity index (χ3v) is 5.32. The number of nitrogens with zero attached hydrogens (tertiary/aromatic N) is 1. The standard InChI is InChI=1S/C16H23NO4S/c1-4-17(9-10(3)15(18)19)14-13(16(20)21-5-2)11-7-6-8-12(11)22-14/h10H,4-9H2,1-3H3,(H,18,19). The van der Waals surface area contributed by atoms with Gasteiger partial charge in [-0.15, -0.1) is 11.3 Å². The summed E-state index contributed by atoms with van der Waals surface area (Å²) in [5.41, 5.74) is 1.78. The van der Waals surface area contributed by atoms with Crippen LogP contribution in [-0.2, 0) is 22.4 Å². The fraction of sp³-hybridized carbons (Fsp3) is 0.625. The summed E-state index contributed by atoms with van der Waals surface area (Å²) in [7, 11) is 0. The minimum absolute atomic E-state index is 0.279. The number of fused-ring (bicyclic) bond motifs is 1. The highest BCUT2D eigenvalue weighted by atomic mass is 32.1. The molecule has 0 radical (unpaired) electrons. The minimum Gasteiger partial charge on any atom is -0.481 e. The van der Waals surface area contributed by atoms with Gasteiger partial charge in [0.1, 0.15) is 5.00 Å². The first-order valence-corrected chi connectivity index (χ1v) is 8.60. The van der Waals surface area contributed by atoms with Gasteiger partial charge in [-0.25, -0.2) is 4.79 Å². The SMILES string of the molecule is CCOC(=O)c1c(N(CC)CC(C)C(=O)O)sc2c1CCC2. The Morgan fingerprint density at radius 1 is 1.36 bits per heavy atom. The van der Waals surface area contributed by atoms with Crippen molar-refractivity contribution in [2.45, 2.75) is 40.0 Å². The summed E-state index contributed by atoms with van der Waals surface area (Å²) in [6.07, 6.45) is 2.98. The molecule has 1 N–H and O–H groups in total. The van der Waals surface area contributed by atoms with Crippen LogP contribution < -0.4 is 4.90 Å². The Balaban J connectivity index is 2.36. The number of carboxylic acids is 1. The fourth-order valence-electron chi connectivity index (χ4n) is 2.79. The monoisotopic (exact) mass is 325 g/mol. The summed E-state index contributed by atoms with van der Waals surface area (Å²) in [6.45, 7) is 6.89. The summed E-state index contributed by atoms with van der Waals surface area (Å²) >= 11 is 1.62. The van der Waals surface area contributed by atoms with Crippen molar-refractivity contribution in [3.05, 3.63) is 16.0 Å². The van der Waals surface area contributed by atoms with Crippen molar-refractivity contribution in [1.29, 1.82) is 0 Å². The molecule has 0 fully saturated rings. The molecule has 0 saturated carbocycles. The molecule has 0 saturated heterocycles. The molecule has 1 aliphatic carbocycles. The number of esters is 1. The number of aliphatic carboxylic acids is 1. The van der Waals surface area contributed by atoms with Crippen molar-refractivity contribution in [3.8, 4) is 0 Å². The zero-order valence-electron chi connectivity index (χ0n) is 13.3. The van der Waals surface area contributed by atoms with E-state index in [-0.39, 0.29) is 5.97 Å². The van der Waals surface area contributed by atoms with E-state index < -0.39 is 11.9 Å². The molecular formula is C16H23NO4S. The average Bonchev–Trinajstić information content (AvgIpc) is 3.04. The zero-order chi connectivity index (χ0) is 16.3. The number of ether oxygens (including phenoxy) is 1. The van der Waals surface area contributed by atoms with Crippen LogP contribution in [0.2, 0.25) is 0 Å². The van der Waals surface area contributed by atoms with Crippen molar-refractivity contribution in [2.24, 2.45) is 5.92 Å². The lowest BCUT2D eigenvalue weighted by Crippen LogP contribution is -2.32. The van der Waals surface area contributed by atoms with E-state index in [0.29, 0.717) is 25.3 Å². The Labute approximate surface area is 134 Å². The summed E-state index contributed by atoms with van der Waals surface area (Å²) in [6, 6.07) is 0. The molecule has 1 heterocycles. The lowest BCUT2D eigenvalue weighted by molar-refractivity contribution is -0.140. The number of hydrogen-bond acceptors (Lipinski definition) is 5. The zero-order valence-corrected chi connectivity index (χ0v) is 14.2. The second kappa shape index (κ2) is 7.13. The van der Waals surface area contributed by atoms with Crippen molar-refractivity contribution >= 4 is 28.3 Å². The molecule has 1 unspecified atom stereocenters. The molecule has 1 aliphatic rings. The van der Waals surface area contributed by atoms with Crippen LogP contribution in [0, 0.1) is 5.92 Å². The number of rotatable bonds is 7. The highest BCUT2D eigenvalue weighted by Gasteiger charge is 2.30. The Hall–Kier alpha value is -1.56. The van der Waals surface area contributed by atoms with Gasteiger partial charge in [0.15, 0.2) is 0 Å². The van der Waals surface area contributed by atoms with E-state index in [0.717, 1.165) is 29.8 Å². The van der Waals surface area contributed by atoms with Crippen LogP contribution in [0.4, 0.5) is 5.00 Å². The molecule has 0 spiro atoms. The quantitative estimate of drug-likeness (QED) is 0.781. The van der Waals surface area contributed by atoms with E-state index >= 15 is 0 Å². The third kappa shape index (κ3) is 3.27. The molecule has 0 amide bonds. The lowest BCUT2D eigenvalue weighted by atomic mass is 10.1. The molecule has 6 heteroatoms. The molecule has 1 aromatic heterocycles. The first kappa shape index (κ1) is 16.8. The smallest absolute Gasteiger partial charge is 0.341 e. The van der Waals surface area contributed by atoms with E-state index in [1.807, 2.05) is 11.8 Å². The van der Waals surface area contributed by atoms with Gasteiger partial charge in [-0.05, 0) is 38.7 Å². The first-order valence-electron chi connectivity index (χ1n) is 7.78. The van der Waals surface area contributed by atoms with Gasteiger partial charge >= 0.3 is 11.9 Å². The molecule has 122 valence electrons. The Kier molecular flexibility index (Phi) is 5.45. The van der Waals surface area contributed by atoms with Gasteiger partial charge in [-0.3, -0.25) is 4.79 Å². The number of anilines is 1. The lowest BCUT2D eigenvalue weighted by Gasteiger charge is -2.24. The predicted octanol–water partition coefficient (Wildman–Crippen LogP) is 2.96. The van der Waals surface area contributed by atoms with E-state index in [1.54, 1.807) is 25.2 Å². The van der Waals surface area contributed by atoms with Gasteiger partial charge in [0.05, 0.1) is 18.1 Å². The fourth-order valence-corrected chi connectivity index (χ4v) is 4.24. The summed E-state index contributed by atoms with van der Waals surface area (Å²) in [5.74, 6) is -1.58. The Morgan fingerprint density at radius 2 is 2.09 bits per heavy atom. The van der Waals surface area contributed by atoms with E-state index in [2.05, 4.69) is 0 Å². The third-order valence-electron chi connectivity index (χ3n) is 3.97. The topological polar surface area (TPSA) is 66.8 Å². The summed E-state index contributed by atoms with van der Waals surface area (Å²) in [5, 5.41) is 10.0. The molecular weight excluding hydrogens is 302 g/mol. The Morgan fingerprint density at radius 3 is 2.68 bits per heavy atom. The molecule has 5 nitrogen and oxygen atoms in total. The van der Waals surface area contributed by atoms with Crippen LogP contribution in [0.3, 0.4) is 0 Å². The normalized spacial score (nSPS) is 14.5. The van der Waals surface area contributed by atoms with Crippen LogP contribution in [0.15, 0.2) is 0 Å². The molecule has 2 rings (SSSR count). The number of aryl methyl sites for hydroxylation is 1. The largest absolute Gasteiger partial charge is 0.481 e. The average molecular weight is 325 g/mol. The number of carbonyl (C=O) groups excluding carboxylic acids is 1. The molecule has 1 aromatic rings. The Bertz CT molecular complexity index is 567. The van der Waals surface area contributed by atoms with E-state index in [1.165, 1.54) is 4.88 Å². The van der Waals surface area contributed by atoms with Gasteiger partial charge in [0, 0.05) is 18.0 Å². The maximum Gasteiger partial charge on any atom is 0.341 e. The maximum absolute atomic E-state index is 12.4. The maximum atomic E-state index is 12.4. The number of carboxylic acid groups (broad SMARTS) is 1. The van der Waals surface area contributed by atoms with E-state index in [4.69, 9.17) is 9.84 Å². The molecule has 1 atom stereocenters. The van der Waals surface area contributed by atoms with Crippen LogP contribution in [0.5, 0.6) is 0 Å². The van der Waals surface area contributed by atoms with Gasteiger partial charge in [0.25, 0.3) is 0 Å². The second-order valence-corrected chi connectivity index (χ2v) is 6.62. The van der Waals surface area contributed by atoms with Gasteiger partial charge < -0.3 is 14.7 Å². The molecule has 22 heavy (non-hydrogen) atoms. The van der Waals surface area contributed by atoms with Crippen LogP contribution in [0.25, 0.3) is 0 Å². The molecule has 0 aromatic carbocycles. The van der Waals surface area contributed by atoms with Crippen molar-refractivity contribution in [2.75, 3.05) is 24.6 Å². The molecule has 0 aliphatic heterocycles. The highest BCUT2D eigenvalue weighted by Crippen LogP contribution is 2.41. The van der Waals surface area contributed by atoms with Gasteiger partial charge in [0.2, 0.25) is 0 Å². The van der Waals surface area contributed by atoms with Crippen LogP contribution >= 0.6 is 11.3 Å². The van der Waals surface area contributed by atoms with E-state index in [9.17, 15) is 9.59 Å². The van der Waals surface area contributed by atoms with Crippen molar-refractivity contribution in [3.63, 3.8) is 0 Å². The van der Waals surface area contributed by atoms with Gasteiger partial charge in [-0.2, -0.15) is 0 Å². The minimum atomic E-state index is -0.819. The van der Waals surface area contributed by atoms with Gasteiger partial charge in [-0.1, -0.05) is 6.92 Å². The van der Waals surface area contributed by atoms with Crippen molar-refractivity contribution in [1.82, 2.24) is 0 Å². The predicted molar refractivity (Wildman–Crippen MR) is 87.0 cm³/mol. The van der Waals surface area contributed by atoms with Crippen LogP contribution in [-0.4, -0.2) is 36.7 Å². The highest BCUT2D eigenvalue weighted by molar-refractivity contribution is 7.16. The van der Waals surface area contributed by atoms with Crippen molar-refractivity contribution < 1.29 is 19.4 Å². The second-order valence-electron chi connectivity index (χ2n) is 5.54. The first-order chi connectivity index (χ1) is 10.5. The number of hydrogen-bond donors (Lipinski definition) is 1. The number of thiophene rings is 1.